The van der Waals surface area contributed by atoms with Gasteiger partial charge in [-0.25, -0.2) is 4.79 Å². The Morgan fingerprint density at radius 3 is 2.63 bits per heavy atom. The molecule has 1 aromatic heterocycles. The Morgan fingerprint density at radius 1 is 1.26 bits per heavy atom. The first-order valence-corrected chi connectivity index (χ1v) is 6.39. The number of esters is 1. The normalized spacial score (nSPS) is 14.9. The van der Waals surface area contributed by atoms with Crippen molar-refractivity contribution in [3.05, 3.63) is 52.8 Å². The van der Waals surface area contributed by atoms with Crippen LogP contribution in [-0.2, 0) is 10.2 Å². The molecule has 1 aliphatic heterocycles. The zero-order valence-electron chi connectivity index (χ0n) is 11.7. The van der Waals surface area contributed by atoms with E-state index in [2.05, 4.69) is 26.0 Å². The second-order valence-electron chi connectivity index (χ2n) is 5.53. The number of hydrogen-bond acceptors (Lipinski definition) is 2. The van der Waals surface area contributed by atoms with Gasteiger partial charge in [0.15, 0.2) is 0 Å². The highest BCUT2D eigenvalue weighted by Gasteiger charge is 2.39. The van der Waals surface area contributed by atoms with E-state index in [0.29, 0.717) is 5.69 Å². The first-order chi connectivity index (χ1) is 8.98. The Kier molecular flexibility index (Phi) is 2.36. The molecule has 98 valence electrons. The SMILES string of the molecule is COC(=O)c1cc(C)c2n1-c1ccccc1C2(C)C. The van der Waals surface area contributed by atoms with Crippen molar-refractivity contribution >= 4 is 5.97 Å². The predicted molar refractivity (Wildman–Crippen MR) is 74.0 cm³/mol. The number of fused-ring (bicyclic) bond motifs is 3. The number of ether oxygens (including phenoxy) is 1. The van der Waals surface area contributed by atoms with Gasteiger partial charge in [-0.2, -0.15) is 0 Å². The number of carbonyl (C=O) groups excluding carboxylic acids is 1. The summed E-state index contributed by atoms with van der Waals surface area (Å²) in [5, 5.41) is 0. The minimum absolute atomic E-state index is 0.0903. The van der Waals surface area contributed by atoms with E-state index in [1.165, 1.54) is 18.4 Å². The summed E-state index contributed by atoms with van der Waals surface area (Å²) >= 11 is 0. The van der Waals surface area contributed by atoms with Gasteiger partial charge in [0.1, 0.15) is 5.69 Å². The van der Waals surface area contributed by atoms with Gasteiger partial charge >= 0.3 is 5.97 Å². The molecule has 0 bridgehead atoms. The fourth-order valence-electron chi connectivity index (χ4n) is 3.24. The molecular formula is C16H17NO2. The summed E-state index contributed by atoms with van der Waals surface area (Å²) in [6, 6.07) is 10.1. The average Bonchev–Trinajstić information content (AvgIpc) is 2.86. The third-order valence-electron chi connectivity index (χ3n) is 4.00. The molecule has 2 aromatic rings. The highest BCUT2D eigenvalue weighted by atomic mass is 16.5. The molecule has 0 amide bonds. The summed E-state index contributed by atoms with van der Waals surface area (Å²) in [6.07, 6.45) is 0. The van der Waals surface area contributed by atoms with Crippen LogP contribution in [0.1, 0.15) is 41.2 Å². The minimum Gasteiger partial charge on any atom is -0.464 e. The Labute approximate surface area is 112 Å². The van der Waals surface area contributed by atoms with E-state index >= 15 is 0 Å². The van der Waals surface area contributed by atoms with Crippen LogP contribution in [0.4, 0.5) is 0 Å². The van der Waals surface area contributed by atoms with Crippen LogP contribution >= 0.6 is 0 Å². The molecule has 0 fully saturated rings. The maximum Gasteiger partial charge on any atom is 0.355 e. The van der Waals surface area contributed by atoms with E-state index in [1.54, 1.807) is 0 Å². The fourth-order valence-corrected chi connectivity index (χ4v) is 3.24. The minimum atomic E-state index is -0.290. The van der Waals surface area contributed by atoms with Crippen molar-refractivity contribution in [3.8, 4) is 5.69 Å². The molecule has 3 nitrogen and oxygen atoms in total. The second-order valence-corrected chi connectivity index (χ2v) is 5.53. The largest absolute Gasteiger partial charge is 0.464 e. The van der Waals surface area contributed by atoms with Crippen molar-refractivity contribution in [2.75, 3.05) is 7.11 Å². The second kappa shape index (κ2) is 3.73. The zero-order valence-corrected chi connectivity index (χ0v) is 11.7. The van der Waals surface area contributed by atoms with E-state index in [1.807, 2.05) is 29.7 Å². The molecule has 0 spiro atoms. The molecule has 3 heteroatoms. The molecule has 0 N–H and O–H groups in total. The van der Waals surface area contributed by atoms with Gasteiger partial charge < -0.3 is 9.30 Å². The molecule has 19 heavy (non-hydrogen) atoms. The number of carbonyl (C=O) groups is 1. The van der Waals surface area contributed by atoms with Gasteiger partial charge in [-0.3, -0.25) is 0 Å². The molecule has 0 atom stereocenters. The maximum atomic E-state index is 12.0. The predicted octanol–water partition coefficient (Wildman–Crippen LogP) is 3.21. The van der Waals surface area contributed by atoms with Gasteiger partial charge in [0.2, 0.25) is 0 Å². The Morgan fingerprint density at radius 2 is 1.95 bits per heavy atom. The third kappa shape index (κ3) is 1.41. The van der Waals surface area contributed by atoms with Crippen LogP contribution in [0.3, 0.4) is 0 Å². The standard InChI is InChI=1S/C16H17NO2/c1-10-9-13(15(18)19-4)17-12-8-6-5-7-11(12)16(2,3)14(10)17/h5-9H,1-4H3. The van der Waals surface area contributed by atoms with E-state index in [9.17, 15) is 4.79 Å². The van der Waals surface area contributed by atoms with Crippen LogP contribution < -0.4 is 0 Å². The van der Waals surface area contributed by atoms with E-state index in [0.717, 1.165) is 11.3 Å². The van der Waals surface area contributed by atoms with Crippen LogP contribution in [0.5, 0.6) is 0 Å². The smallest absolute Gasteiger partial charge is 0.355 e. The summed E-state index contributed by atoms with van der Waals surface area (Å²) in [7, 11) is 1.42. The highest BCUT2D eigenvalue weighted by Crippen LogP contribution is 2.45. The summed E-state index contributed by atoms with van der Waals surface area (Å²) in [4.78, 5) is 12.0. The van der Waals surface area contributed by atoms with Crippen molar-refractivity contribution in [2.45, 2.75) is 26.2 Å². The summed E-state index contributed by atoms with van der Waals surface area (Å²) in [5.41, 5.74) is 5.14. The number of hydrogen-bond donors (Lipinski definition) is 0. The number of benzene rings is 1. The topological polar surface area (TPSA) is 31.2 Å². The molecule has 3 rings (SSSR count). The molecule has 0 unspecified atom stereocenters. The van der Waals surface area contributed by atoms with Crippen LogP contribution in [0.2, 0.25) is 0 Å². The lowest BCUT2D eigenvalue weighted by atomic mass is 9.82. The maximum absolute atomic E-state index is 12.0. The van der Waals surface area contributed by atoms with Crippen molar-refractivity contribution < 1.29 is 9.53 Å². The Balaban J connectivity index is 2.38. The first-order valence-electron chi connectivity index (χ1n) is 6.39. The first kappa shape index (κ1) is 12.0. The number of nitrogens with zero attached hydrogens (tertiary/aromatic N) is 1. The molecule has 0 radical (unpaired) electrons. The van der Waals surface area contributed by atoms with Crippen molar-refractivity contribution in [1.29, 1.82) is 0 Å². The highest BCUT2D eigenvalue weighted by molar-refractivity contribution is 5.90. The van der Waals surface area contributed by atoms with Gasteiger partial charge in [0.25, 0.3) is 0 Å². The molecule has 1 aliphatic rings. The lowest BCUT2D eigenvalue weighted by Gasteiger charge is -2.20. The van der Waals surface area contributed by atoms with Crippen molar-refractivity contribution in [3.63, 3.8) is 0 Å². The van der Waals surface area contributed by atoms with Crippen LogP contribution in [-0.4, -0.2) is 17.6 Å². The van der Waals surface area contributed by atoms with Gasteiger partial charge in [0.05, 0.1) is 12.8 Å². The van der Waals surface area contributed by atoms with Gasteiger partial charge in [-0.05, 0) is 30.2 Å². The Bertz CT molecular complexity index is 680. The molecule has 0 saturated carbocycles. The summed E-state index contributed by atoms with van der Waals surface area (Å²) in [6.45, 7) is 6.43. The van der Waals surface area contributed by atoms with Crippen LogP contribution in [0.25, 0.3) is 5.69 Å². The summed E-state index contributed by atoms with van der Waals surface area (Å²) in [5.74, 6) is -0.290. The van der Waals surface area contributed by atoms with Crippen molar-refractivity contribution in [2.24, 2.45) is 0 Å². The molecule has 0 saturated heterocycles. The number of aromatic nitrogens is 1. The molecule has 0 aliphatic carbocycles. The van der Waals surface area contributed by atoms with E-state index < -0.39 is 0 Å². The monoisotopic (exact) mass is 255 g/mol. The molecule has 1 aromatic carbocycles. The van der Waals surface area contributed by atoms with E-state index in [-0.39, 0.29) is 11.4 Å². The zero-order chi connectivity index (χ0) is 13.8. The molecular weight excluding hydrogens is 238 g/mol. The fraction of sp³-hybridized carbons (Fsp3) is 0.312. The van der Waals surface area contributed by atoms with Crippen LogP contribution in [0.15, 0.2) is 30.3 Å². The number of para-hydroxylation sites is 1. The van der Waals surface area contributed by atoms with Crippen LogP contribution in [0, 0.1) is 6.92 Å². The lowest BCUT2D eigenvalue weighted by Crippen LogP contribution is -2.16. The number of methoxy groups -OCH3 is 1. The average molecular weight is 255 g/mol. The number of aryl methyl sites for hydroxylation is 1. The van der Waals surface area contributed by atoms with Gasteiger partial charge in [-0.1, -0.05) is 32.0 Å². The van der Waals surface area contributed by atoms with Crippen molar-refractivity contribution in [1.82, 2.24) is 4.57 Å². The molecule has 2 heterocycles. The summed E-state index contributed by atoms with van der Waals surface area (Å²) < 4.78 is 6.94. The third-order valence-corrected chi connectivity index (χ3v) is 4.00. The quantitative estimate of drug-likeness (QED) is 0.733. The Hall–Kier alpha value is -2.03. The lowest BCUT2D eigenvalue weighted by molar-refractivity contribution is 0.0591. The van der Waals surface area contributed by atoms with E-state index in [4.69, 9.17) is 4.74 Å². The van der Waals surface area contributed by atoms with Gasteiger partial charge in [-0.15, -0.1) is 0 Å². The number of rotatable bonds is 1. The van der Waals surface area contributed by atoms with Gasteiger partial charge in [0, 0.05) is 11.1 Å².